The van der Waals surface area contributed by atoms with Gasteiger partial charge in [0.25, 0.3) is 0 Å². The molecule has 1 aromatic heterocycles. The maximum Gasteiger partial charge on any atom is 0.115 e. The second kappa shape index (κ2) is 7.12. The summed E-state index contributed by atoms with van der Waals surface area (Å²) in [7, 11) is 0. The maximum atomic E-state index is 11.7. The number of rotatable bonds is 3. The lowest BCUT2D eigenvalue weighted by molar-refractivity contribution is -0.151. The molecule has 1 N–H and O–H groups in total. The second-order valence-electron chi connectivity index (χ2n) is 7.76. The van der Waals surface area contributed by atoms with Crippen molar-refractivity contribution in [2.24, 2.45) is 11.8 Å². The minimum atomic E-state index is -0.808. The number of pyridine rings is 1. The van der Waals surface area contributed by atoms with Gasteiger partial charge in [-0.05, 0) is 49.1 Å². The lowest BCUT2D eigenvalue weighted by Gasteiger charge is -2.53. The third-order valence-corrected chi connectivity index (χ3v) is 6.83. The predicted octanol–water partition coefficient (Wildman–Crippen LogP) is 4.82. The molecule has 1 aliphatic carbocycles. The minimum Gasteiger partial charge on any atom is -0.383 e. The van der Waals surface area contributed by atoms with Gasteiger partial charge in [-0.1, -0.05) is 41.8 Å². The zero-order valence-electron chi connectivity index (χ0n) is 15.0. The van der Waals surface area contributed by atoms with Crippen molar-refractivity contribution >= 4 is 23.2 Å². The van der Waals surface area contributed by atoms with Crippen LogP contribution in [0, 0.1) is 18.8 Å². The van der Waals surface area contributed by atoms with Crippen LogP contribution in [0.25, 0.3) is 0 Å². The lowest BCUT2D eigenvalue weighted by Crippen LogP contribution is -2.58. The van der Waals surface area contributed by atoms with Crippen molar-refractivity contribution in [2.45, 2.75) is 38.3 Å². The van der Waals surface area contributed by atoms with E-state index in [2.05, 4.69) is 22.9 Å². The van der Waals surface area contributed by atoms with Crippen molar-refractivity contribution in [3.8, 4) is 0 Å². The fourth-order valence-electron chi connectivity index (χ4n) is 4.86. The summed E-state index contributed by atoms with van der Waals surface area (Å²) < 4.78 is 0. The Morgan fingerprint density at radius 2 is 1.88 bits per heavy atom. The van der Waals surface area contributed by atoms with Crippen molar-refractivity contribution in [3.05, 3.63) is 63.4 Å². The van der Waals surface area contributed by atoms with Gasteiger partial charge in [-0.2, -0.15) is 0 Å². The van der Waals surface area contributed by atoms with Crippen LogP contribution in [-0.2, 0) is 12.1 Å². The summed E-state index contributed by atoms with van der Waals surface area (Å²) in [5, 5.41) is 12.9. The average Bonchev–Trinajstić information content (AvgIpc) is 2.59. The van der Waals surface area contributed by atoms with Crippen LogP contribution in [0.2, 0.25) is 10.0 Å². The molecule has 2 aromatic rings. The summed E-state index contributed by atoms with van der Waals surface area (Å²) >= 11 is 12.2. The predicted molar refractivity (Wildman–Crippen MR) is 105 cm³/mol. The Bertz CT molecular complexity index is 796. The first-order valence-electron chi connectivity index (χ1n) is 9.29. The molecule has 3 nitrogen and oxygen atoms in total. The highest BCUT2D eigenvalue weighted by molar-refractivity contribution is 6.42. The van der Waals surface area contributed by atoms with Crippen LogP contribution in [0.5, 0.6) is 0 Å². The van der Waals surface area contributed by atoms with Gasteiger partial charge in [0, 0.05) is 37.7 Å². The fourth-order valence-corrected chi connectivity index (χ4v) is 5.18. The van der Waals surface area contributed by atoms with Gasteiger partial charge in [0.15, 0.2) is 0 Å². The van der Waals surface area contributed by atoms with E-state index in [0.717, 1.165) is 49.3 Å². The first-order valence-corrected chi connectivity index (χ1v) is 10.0. The van der Waals surface area contributed by atoms with Gasteiger partial charge in [0.2, 0.25) is 0 Å². The topological polar surface area (TPSA) is 36.4 Å². The Balaban J connectivity index is 1.58. The summed E-state index contributed by atoms with van der Waals surface area (Å²) in [6.07, 6.45) is 5.07. The highest BCUT2D eigenvalue weighted by Crippen LogP contribution is 2.49. The molecule has 1 aromatic carbocycles. The Morgan fingerprint density at radius 1 is 1.15 bits per heavy atom. The van der Waals surface area contributed by atoms with Gasteiger partial charge in [0.05, 0.1) is 15.7 Å². The molecule has 138 valence electrons. The molecule has 5 heteroatoms. The van der Waals surface area contributed by atoms with Crippen molar-refractivity contribution in [1.29, 1.82) is 0 Å². The van der Waals surface area contributed by atoms with Crippen LogP contribution in [-0.4, -0.2) is 28.1 Å². The van der Waals surface area contributed by atoms with Crippen LogP contribution < -0.4 is 0 Å². The standard InChI is InChI=1S/C21H24Cl2N2O/c1-14-4-3-9-24-20(14)21(26)16-5-2-6-17(21)13-25(12-16)11-15-7-8-18(22)19(23)10-15/h3-4,7-10,16-17,26H,2,5-6,11-13H2,1H3. The monoisotopic (exact) mass is 390 g/mol. The summed E-state index contributed by atoms with van der Waals surface area (Å²) in [4.78, 5) is 7.03. The number of hydrogen-bond donors (Lipinski definition) is 1. The fraction of sp³-hybridized carbons (Fsp3) is 0.476. The number of aliphatic hydroxyl groups is 1. The van der Waals surface area contributed by atoms with Gasteiger partial charge in [-0.15, -0.1) is 0 Å². The van der Waals surface area contributed by atoms with Crippen molar-refractivity contribution in [1.82, 2.24) is 9.88 Å². The molecule has 2 heterocycles. The van der Waals surface area contributed by atoms with Crippen molar-refractivity contribution in [2.75, 3.05) is 13.1 Å². The van der Waals surface area contributed by atoms with E-state index in [4.69, 9.17) is 23.2 Å². The third kappa shape index (κ3) is 3.16. The number of piperidine rings is 1. The molecule has 0 spiro atoms. The zero-order chi connectivity index (χ0) is 18.3. The van der Waals surface area contributed by atoms with E-state index in [9.17, 15) is 5.11 Å². The van der Waals surface area contributed by atoms with Crippen LogP contribution >= 0.6 is 23.2 Å². The van der Waals surface area contributed by atoms with E-state index >= 15 is 0 Å². The van der Waals surface area contributed by atoms with Crippen LogP contribution in [0.4, 0.5) is 0 Å². The molecule has 2 atom stereocenters. The quantitative estimate of drug-likeness (QED) is 0.815. The Morgan fingerprint density at radius 3 is 2.54 bits per heavy atom. The van der Waals surface area contributed by atoms with Gasteiger partial charge >= 0.3 is 0 Å². The molecule has 2 unspecified atom stereocenters. The smallest absolute Gasteiger partial charge is 0.115 e. The first-order chi connectivity index (χ1) is 12.5. The number of nitrogens with zero attached hydrogens (tertiary/aromatic N) is 2. The molecule has 1 saturated heterocycles. The van der Waals surface area contributed by atoms with Gasteiger partial charge in [-0.3, -0.25) is 9.88 Å². The highest BCUT2D eigenvalue weighted by atomic mass is 35.5. The van der Waals surface area contributed by atoms with Crippen LogP contribution in [0.3, 0.4) is 0 Å². The third-order valence-electron chi connectivity index (χ3n) is 6.09. The SMILES string of the molecule is Cc1cccnc1C1(O)C2CCCC1CN(Cc1ccc(Cl)c(Cl)c1)C2. The number of likely N-dealkylation sites (tertiary alicyclic amines) is 1. The molecule has 4 rings (SSSR count). The number of benzene rings is 1. The summed E-state index contributed by atoms with van der Waals surface area (Å²) in [5.74, 6) is 0.428. The van der Waals surface area contributed by atoms with E-state index in [1.165, 1.54) is 6.42 Å². The minimum absolute atomic E-state index is 0.214. The summed E-state index contributed by atoms with van der Waals surface area (Å²) in [6, 6.07) is 9.84. The Kier molecular flexibility index (Phi) is 5.00. The number of aromatic nitrogens is 1. The van der Waals surface area contributed by atoms with Crippen molar-refractivity contribution < 1.29 is 5.11 Å². The normalized spacial score (nSPS) is 28.9. The molecule has 2 aliphatic rings. The van der Waals surface area contributed by atoms with Gasteiger partial charge in [-0.25, -0.2) is 0 Å². The molecule has 0 amide bonds. The highest BCUT2D eigenvalue weighted by Gasteiger charge is 2.52. The largest absolute Gasteiger partial charge is 0.383 e. The summed E-state index contributed by atoms with van der Waals surface area (Å²) in [6.45, 7) is 4.64. The molecule has 1 aliphatic heterocycles. The number of halogens is 2. The van der Waals surface area contributed by atoms with E-state index in [1.54, 1.807) is 6.20 Å². The van der Waals surface area contributed by atoms with Gasteiger partial charge < -0.3 is 5.11 Å². The first kappa shape index (κ1) is 18.2. The molecular formula is C21H24Cl2N2O. The van der Waals surface area contributed by atoms with E-state index in [-0.39, 0.29) is 11.8 Å². The number of aryl methyl sites for hydroxylation is 1. The molecule has 2 fully saturated rings. The maximum absolute atomic E-state index is 11.7. The average molecular weight is 391 g/mol. The Hall–Kier alpha value is -1.13. The van der Waals surface area contributed by atoms with Crippen LogP contribution in [0.15, 0.2) is 36.5 Å². The number of hydrogen-bond acceptors (Lipinski definition) is 3. The summed E-state index contributed by atoms with van der Waals surface area (Å²) in [5.41, 5.74) is 2.32. The molecule has 1 saturated carbocycles. The van der Waals surface area contributed by atoms with Gasteiger partial charge in [0.1, 0.15) is 5.60 Å². The van der Waals surface area contributed by atoms with E-state index in [0.29, 0.717) is 10.0 Å². The van der Waals surface area contributed by atoms with E-state index < -0.39 is 5.60 Å². The van der Waals surface area contributed by atoms with Crippen LogP contribution in [0.1, 0.15) is 36.1 Å². The van der Waals surface area contributed by atoms with Crippen molar-refractivity contribution in [3.63, 3.8) is 0 Å². The molecule has 0 radical (unpaired) electrons. The lowest BCUT2D eigenvalue weighted by atomic mass is 9.63. The second-order valence-corrected chi connectivity index (χ2v) is 8.58. The van der Waals surface area contributed by atoms with E-state index in [1.807, 2.05) is 24.3 Å². The molecule has 2 bridgehead atoms. The molecule has 26 heavy (non-hydrogen) atoms. The zero-order valence-corrected chi connectivity index (χ0v) is 16.5. The molecular weight excluding hydrogens is 367 g/mol. The number of fused-ring (bicyclic) bond motifs is 2. The Labute approximate surface area is 165 Å².